The fourth-order valence-electron chi connectivity index (χ4n) is 12.5. The first-order valence-corrected chi connectivity index (χ1v) is 43.5. The number of alkyl halides is 2. The Kier molecular flexibility index (Phi) is 37.3. The second-order valence-electron chi connectivity index (χ2n) is 25.5. The molecule has 14 aromatic rings. The molecule has 0 saturated carbocycles. The minimum absolute atomic E-state index is 0. The number of fused-ring (bicyclic) bond motifs is 3. The molecule has 28 heteroatoms. The third-order valence-electron chi connectivity index (χ3n) is 17.9. The third-order valence-corrected chi connectivity index (χ3v) is 18.6. The number of hydrogen-bond donors (Lipinski definition) is 7. The molecule has 605 valence electrons. The van der Waals surface area contributed by atoms with Crippen LogP contribution in [0.2, 0.25) is 0 Å². The van der Waals surface area contributed by atoms with Crippen LogP contribution >= 0.6 is 85.9 Å². The molecule has 8 N–H and O–H groups in total. The maximum atomic E-state index is 13.4. The number of amides is 3. The molecule has 3 heterocycles. The number of nitrogens with one attached hydrogen (secondary N) is 6. The van der Waals surface area contributed by atoms with Crippen LogP contribution in [0.1, 0.15) is 154 Å². The van der Waals surface area contributed by atoms with Crippen molar-refractivity contribution >= 4 is 225 Å². The van der Waals surface area contributed by atoms with Gasteiger partial charge in [0.15, 0.2) is 23.1 Å². The van der Waals surface area contributed by atoms with Gasteiger partial charge in [0.1, 0.15) is 0 Å². The van der Waals surface area contributed by atoms with Crippen LogP contribution in [0, 0.1) is 20.8 Å². The number of carbonyl (C=O) groups is 10. The molecule has 0 atom stereocenters. The number of para-hydroxylation sites is 7. The fourth-order valence-corrected chi connectivity index (χ4v) is 12.8. The predicted molar refractivity (Wildman–Crippen MR) is 487 cm³/mol. The van der Waals surface area contributed by atoms with Crippen molar-refractivity contribution in [2.24, 2.45) is 0 Å². The van der Waals surface area contributed by atoms with Gasteiger partial charge in [-0.1, -0.05) is 141 Å². The molecular formula is C90H75Cl8N7O10S2Ti-3. The quantitative estimate of drug-likeness (QED) is 0.00852. The van der Waals surface area contributed by atoms with Gasteiger partial charge in [0.25, 0.3) is 33.4 Å². The van der Waals surface area contributed by atoms with E-state index in [9.17, 15) is 47.9 Å². The standard InChI is InChI=1S/C33H27N3O6.C33H27N3.C13H11NO.C9H3Cl3O3.CH2Cl2.CH4.3ClH.H2S.S.Ti/c1-19(37)25-10-4-7-13-28(25)34-31(40)22-16-23(32(41)35-29-14-8-5-11-26(29)20(2)38)18-24(17-22)33(42)36-30-15-9-6-12-27(30)21(3)39;1-19-25-10-4-7-13-28(25)34-31(19)22-16-23(32-20(2)26-11-5-8-14-29(26)35-32)18-24(17-22)33-21(3)27-12-6-9-15-30(27)36-33;14-12-9-5-4-8-11(12)13(15)10-6-2-1-3-7-10;10-7(13)4-1-5(8(11)14)3-6(2-4)9(12)15;2-1-3;;;;;;;/h4-18H,1-3H3,(H,34,40)(H,35,41)(H,36,42);4-18,34-36H,1-3H3;1-9H,14H2;1-3H;1H2;1H4;3*1H;1H2;;/q;;;;;;;;;;-2;+3/p-4. The molecule has 3 amide bonds. The van der Waals surface area contributed by atoms with E-state index in [4.69, 9.17) is 91.7 Å². The number of nitrogens with two attached hydrogens (primary N) is 1. The molecule has 14 rings (SSSR count). The number of aryl methyl sites for hydroxylation is 3. The molecule has 0 radical (unpaired) electrons. The molecule has 0 aliphatic heterocycles. The predicted octanol–water partition coefficient (Wildman–Crippen LogP) is 24.3. The van der Waals surface area contributed by atoms with E-state index in [0.717, 1.165) is 0 Å². The van der Waals surface area contributed by atoms with Gasteiger partial charge in [0, 0.05) is 117 Å². The molecule has 0 bridgehead atoms. The van der Waals surface area contributed by atoms with Gasteiger partial charge in [0.2, 0.25) is 0 Å². The van der Waals surface area contributed by atoms with E-state index in [1.54, 1.807) is 97.1 Å². The van der Waals surface area contributed by atoms with Crippen molar-refractivity contribution in [2.75, 3.05) is 27.0 Å². The van der Waals surface area contributed by atoms with Crippen molar-refractivity contribution in [1.82, 2.24) is 15.0 Å². The first kappa shape index (κ1) is 96.5. The Labute approximate surface area is 738 Å². The molecule has 0 saturated heterocycles. The van der Waals surface area contributed by atoms with E-state index in [2.05, 4.69) is 143 Å². The van der Waals surface area contributed by atoms with Crippen LogP contribution in [-0.2, 0) is 41.7 Å². The van der Waals surface area contributed by atoms with Crippen LogP contribution in [0.4, 0.5) is 22.7 Å². The molecule has 118 heavy (non-hydrogen) atoms. The van der Waals surface area contributed by atoms with Gasteiger partial charge in [-0.2, -0.15) is 0 Å². The van der Waals surface area contributed by atoms with E-state index in [1.165, 1.54) is 140 Å². The number of aromatic nitrogens is 3. The zero-order valence-electron chi connectivity index (χ0n) is 63.0. The van der Waals surface area contributed by atoms with Gasteiger partial charge in [-0.25, -0.2) is 0 Å². The minimum Gasteiger partial charge on any atom is -2.00 e. The van der Waals surface area contributed by atoms with E-state index in [0.29, 0.717) is 33.5 Å². The number of H-pyrrole nitrogens is 3. The average Bonchev–Trinajstić information content (AvgIpc) is 1.60. The first-order chi connectivity index (χ1) is 55.0. The Bertz CT molecular complexity index is 5520. The summed E-state index contributed by atoms with van der Waals surface area (Å²) in [5.74, 6) is -2.80. The maximum Gasteiger partial charge on any atom is -0.813 e. The van der Waals surface area contributed by atoms with Crippen LogP contribution in [0.25, 0.3) is 66.5 Å². The number of rotatable bonds is 17. The number of aromatic amines is 3. The maximum absolute atomic E-state index is 13.4. The number of anilines is 4. The summed E-state index contributed by atoms with van der Waals surface area (Å²) in [5, 5.41) is 9.63. The van der Waals surface area contributed by atoms with Crippen molar-refractivity contribution in [3.8, 4) is 33.8 Å². The SMILES string of the molecule is C.CC(=O)c1ccccc1NC(=O)c1cc(C(=O)Nc2ccccc2C(C)=O)cc(C(=O)Nc2ccccc2C(C)=O)c1.Cc1c(-c2cc(-c3[nH]c4ccccc4c3C)cc(-c3[nH]c4ccccc4c3C)c2)[nH]c2ccccc12.ClCCl.Nc1ccccc1C(=O)c1ccccc1.O=C(Cl)c1cc(C(=O)Cl)cc(C(=O)Cl)c1.[Cl][Ti]([Cl])[Cl].[S-2].[SH-]. The van der Waals surface area contributed by atoms with Crippen LogP contribution < -0.4 is 21.7 Å². The summed E-state index contributed by atoms with van der Waals surface area (Å²) < 4.78 is 0. The molecule has 0 unspecified atom stereocenters. The number of carbonyl (C=O) groups excluding carboxylic acids is 10. The summed E-state index contributed by atoms with van der Waals surface area (Å²) in [5.41, 5.74) is 23.4. The molecule has 3 aromatic heterocycles. The summed E-state index contributed by atoms with van der Waals surface area (Å²) in [4.78, 5) is 132. The second-order valence-corrected chi connectivity index (χ2v) is 35.1. The molecule has 0 fully saturated rings. The number of benzene rings is 11. The zero-order chi connectivity index (χ0) is 83.3. The normalized spacial score (nSPS) is 10.2. The van der Waals surface area contributed by atoms with Crippen molar-refractivity contribution in [2.45, 2.75) is 49.0 Å². The first-order valence-electron chi connectivity index (χ1n) is 34.9. The van der Waals surface area contributed by atoms with Crippen molar-refractivity contribution < 1.29 is 62.6 Å². The number of hydrogen-bond acceptors (Lipinski definition) is 12. The Balaban J connectivity index is 0.000000255. The van der Waals surface area contributed by atoms with Gasteiger partial charge < -0.3 is 63.6 Å². The van der Waals surface area contributed by atoms with Crippen LogP contribution in [0.3, 0.4) is 0 Å². The summed E-state index contributed by atoms with van der Waals surface area (Å²) in [6.07, 6.45) is 0. The molecule has 0 spiro atoms. The average molecular weight is 1810 g/mol. The van der Waals surface area contributed by atoms with Gasteiger partial charge in [-0.15, -0.1) is 23.2 Å². The van der Waals surface area contributed by atoms with Crippen molar-refractivity contribution in [1.29, 1.82) is 0 Å². The van der Waals surface area contributed by atoms with E-state index in [1.807, 2.05) is 30.3 Å². The smallest absolute Gasteiger partial charge is 0.813 e. The number of nitrogen functional groups attached to an aromatic ring is 1. The summed E-state index contributed by atoms with van der Waals surface area (Å²) in [6.45, 7) is 10.7. The molecule has 0 aliphatic rings. The minimum atomic E-state index is -1.92. The Morgan fingerprint density at radius 1 is 0.347 bits per heavy atom. The van der Waals surface area contributed by atoms with E-state index in [-0.39, 0.29) is 113 Å². The fraction of sp³-hybridized carbons (Fsp3) is 0.0889. The topological polar surface area (TPSA) is 280 Å². The van der Waals surface area contributed by atoms with Gasteiger partial charge in [-0.05, 0) is 231 Å². The van der Waals surface area contributed by atoms with Gasteiger partial charge in [-0.3, -0.25) is 47.9 Å². The second kappa shape index (κ2) is 45.6. The molecular weight excluding hydrogens is 1730 g/mol. The van der Waals surface area contributed by atoms with Crippen molar-refractivity contribution in [3.05, 3.63) is 333 Å². The van der Waals surface area contributed by atoms with Gasteiger partial charge >= 0.3 is 42.6 Å². The zero-order valence-corrected chi connectivity index (χ0v) is 72.3. The number of thiol groups is 1. The number of ketones is 4. The summed E-state index contributed by atoms with van der Waals surface area (Å²) in [7, 11) is 14.9. The van der Waals surface area contributed by atoms with Crippen molar-refractivity contribution in [3.63, 3.8) is 0 Å². The number of halogens is 8. The van der Waals surface area contributed by atoms with Crippen LogP contribution in [0.5, 0.6) is 0 Å². The Morgan fingerprint density at radius 2 is 0.585 bits per heavy atom. The van der Waals surface area contributed by atoms with E-state index < -0.39 is 48.1 Å². The largest absolute Gasteiger partial charge is 2.00 e. The molecule has 11 aromatic carbocycles. The van der Waals surface area contributed by atoms with Crippen LogP contribution in [0.15, 0.2) is 255 Å². The number of Topliss-reactive ketones (excluding diaryl/α,β-unsaturated/α-hetero) is 3. The van der Waals surface area contributed by atoms with E-state index >= 15 is 0 Å². The summed E-state index contributed by atoms with van der Waals surface area (Å²) >= 11 is 23.2. The summed E-state index contributed by atoms with van der Waals surface area (Å²) in [6, 6.07) is 75.7. The Morgan fingerprint density at radius 3 is 0.847 bits per heavy atom. The Hall–Kier alpha value is -10.3. The van der Waals surface area contributed by atoms with Crippen LogP contribution in [-0.4, -0.2) is 76.9 Å². The monoisotopic (exact) mass is 1810 g/mol. The van der Waals surface area contributed by atoms with Gasteiger partial charge in [0.05, 0.1) is 22.4 Å². The molecule has 17 nitrogen and oxygen atoms in total. The third kappa shape index (κ3) is 25.1. The molecule has 0 aliphatic carbocycles.